The lowest BCUT2D eigenvalue weighted by molar-refractivity contribution is -0.104. The van der Waals surface area contributed by atoms with Gasteiger partial charge in [0.05, 0.1) is 0 Å². The minimum absolute atomic E-state index is 0.528. The van der Waals surface area contributed by atoms with Crippen LogP contribution in [0, 0.1) is 5.92 Å². The van der Waals surface area contributed by atoms with Crippen molar-refractivity contribution in [3.05, 3.63) is 47.1 Å². The first-order valence-corrected chi connectivity index (χ1v) is 5.29. The van der Waals surface area contributed by atoms with Crippen LogP contribution in [0.2, 0.25) is 0 Å². The summed E-state index contributed by atoms with van der Waals surface area (Å²) in [4.78, 5) is 11.0. The molecule has 80 valence electrons. The van der Waals surface area contributed by atoms with Gasteiger partial charge in [-0.2, -0.15) is 0 Å². The van der Waals surface area contributed by atoms with Crippen molar-refractivity contribution < 1.29 is 4.79 Å². The van der Waals surface area contributed by atoms with Gasteiger partial charge in [0.1, 0.15) is 0 Å². The normalized spacial score (nSPS) is 25.4. The molecule has 0 aromatic rings. The number of carbonyl (C=O) groups excluding carboxylic acids is 1. The molecular formula is C14H18O. The second-order valence-corrected chi connectivity index (χ2v) is 4.08. The molecule has 0 aliphatic heterocycles. The quantitative estimate of drug-likeness (QED) is 0.494. The van der Waals surface area contributed by atoms with E-state index in [0.29, 0.717) is 5.92 Å². The van der Waals surface area contributed by atoms with E-state index in [1.54, 1.807) is 0 Å². The molecule has 1 nitrogen and oxygen atoms in total. The van der Waals surface area contributed by atoms with E-state index >= 15 is 0 Å². The van der Waals surface area contributed by atoms with Gasteiger partial charge in [-0.25, -0.2) is 0 Å². The summed E-state index contributed by atoms with van der Waals surface area (Å²) in [5, 5.41) is 0. The lowest BCUT2D eigenvalue weighted by Crippen LogP contribution is -2.07. The number of aldehydes is 1. The standard InChI is InChI=1S/C14H18O/c1-5-6-13(9-15)14-11(3)7-10(2)8-12(14)4/h5-6,8-10H,3,7H2,1-2,4H3. The van der Waals surface area contributed by atoms with Crippen molar-refractivity contribution in [3.8, 4) is 0 Å². The van der Waals surface area contributed by atoms with E-state index in [1.807, 2.05) is 26.0 Å². The third kappa shape index (κ3) is 2.56. The van der Waals surface area contributed by atoms with Gasteiger partial charge in [0.15, 0.2) is 6.29 Å². The lowest BCUT2D eigenvalue weighted by atomic mass is 9.82. The van der Waals surface area contributed by atoms with Crippen LogP contribution < -0.4 is 0 Å². The molecule has 0 aromatic carbocycles. The van der Waals surface area contributed by atoms with Gasteiger partial charge in [-0.1, -0.05) is 31.7 Å². The van der Waals surface area contributed by atoms with Gasteiger partial charge in [-0.15, -0.1) is 0 Å². The maximum absolute atomic E-state index is 11.0. The van der Waals surface area contributed by atoms with Crippen molar-refractivity contribution in [1.82, 2.24) is 0 Å². The van der Waals surface area contributed by atoms with Gasteiger partial charge in [0.25, 0.3) is 0 Å². The Morgan fingerprint density at radius 2 is 2.27 bits per heavy atom. The third-order valence-electron chi connectivity index (χ3n) is 2.61. The summed E-state index contributed by atoms with van der Waals surface area (Å²) in [7, 11) is 0. The van der Waals surface area contributed by atoms with Crippen molar-refractivity contribution in [2.24, 2.45) is 5.92 Å². The fourth-order valence-corrected chi connectivity index (χ4v) is 2.13. The summed E-state index contributed by atoms with van der Waals surface area (Å²) in [5.41, 5.74) is 4.01. The van der Waals surface area contributed by atoms with E-state index in [2.05, 4.69) is 19.6 Å². The zero-order chi connectivity index (χ0) is 11.4. The zero-order valence-corrected chi connectivity index (χ0v) is 9.71. The molecule has 0 bridgehead atoms. The number of hydrogen-bond acceptors (Lipinski definition) is 1. The molecule has 1 aliphatic rings. The van der Waals surface area contributed by atoms with E-state index < -0.39 is 0 Å². The molecule has 1 unspecified atom stereocenters. The fourth-order valence-electron chi connectivity index (χ4n) is 2.13. The van der Waals surface area contributed by atoms with Crippen LogP contribution in [-0.4, -0.2) is 6.29 Å². The third-order valence-corrected chi connectivity index (χ3v) is 2.61. The van der Waals surface area contributed by atoms with E-state index in [-0.39, 0.29) is 0 Å². The lowest BCUT2D eigenvalue weighted by Gasteiger charge is -2.22. The minimum Gasteiger partial charge on any atom is -0.298 e. The van der Waals surface area contributed by atoms with E-state index in [0.717, 1.165) is 29.4 Å². The molecule has 1 aliphatic carbocycles. The maximum atomic E-state index is 11.0. The first-order valence-electron chi connectivity index (χ1n) is 5.29. The largest absolute Gasteiger partial charge is 0.298 e. The number of allylic oxidation sites excluding steroid dienone is 7. The zero-order valence-electron chi connectivity index (χ0n) is 9.71. The first kappa shape index (κ1) is 11.7. The SMILES string of the molecule is C=C1CC(C)C=C(C)C1=C(C=O)C=CC. The summed E-state index contributed by atoms with van der Waals surface area (Å²) in [6.45, 7) is 10.2. The Labute approximate surface area is 91.9 Å². The van der Waals surface area contributed by atoms with Gasteiger partial charge < -0.3 is 0 Å². The monoisotopic (exact) mass is 202 g/mol. The molecule has 1 rings (SSSR count). The molecule has 0 spiro atoms. The molecule has 0 amide bonds. The van der Waals surface area contributed by atoms with Crippen LogP contribution in [0.3, 0.4) is 0 Å². The van der Waals surface area contributed by atoms with Gasteiger partial charge >= 0.3 is 0 Å². The predicted molar refractivity (Wildman–Crippen MR) is 64.6 cm³/mol. The number of rotatable bonds is 2. The molecule has 0 aromatic heterocycles. The average Bonchev–Trinajstić information content (AvgIpc) is 2.14. The molecule has 1 atom stereocenters. The highest BCUT2D eigenvalue weighted by Gasteiger charge is 2.17. The highest BCUT2D eigenvalue weighted by molar-refractivity contribution is 5.82. The molecular weight excluding hydrogens is 184 g/mol. The Bertz CT molecular complexity index is 367. The van der Waals surface area contributed by atoms with Crippen molar-refractivity contribution in [3.63, 3.8) is 0 Å². The van der Waals surface area contributed by atoms with Gasteiger partial charge in [-0.3, -0.25) is 4.79 Å². The Morgan fingerprint density at radius 3 is 2.73 bits per heavy atom. The van der Waals surface area contributed by atoms with Crippen molar-refractivity contribution in [1.29, 1.82) is 0 Å². The second-order valence-electron chi connectivity index (χ2n) is 4.08. The maximum Gasteiger partial charge on any atom is 0.150 e. The van der Waals surface area contributed by atoms with Gasteiger partial charge in [0, 0.05) is 5.57 Å². The smallest absolute Gasteiger partial charge is 0.150 e. The molecule has 0 saturated heterocycles. The average molecular weight is 202 g/mol. The summed E-state index contributed by atoms with van der Waals surface area (Å²) < 4.78 is 0. The molecule has 0 saturated carbocycles. The molecule has 15 heavy (non-hydrogen) atoms. The molecule has 0 N–H and O–H groups in total. The number of carbonyl (C=O) groups is 1. The Morgan fingerprint density at radius 1 is 1.60 bits per heavy atom. The van der Waals surface area contributed by atoms with Crippen molar-refractivity contribution in [2.75, 3.05) is 0 Å². The molecule has 0 radical (unpaired) electrons. The van der Waals surface area contributed by atoms with E-state index in [4.69, 9.17) is 0 Å². The van der Waals surface area contributed by atoms with Gasteiger partial charge in [-0.05, 0) is 42.9 Å². The van der Waals surface area contributed by atoms with Crippen LogP contribution in [0.4, 0.5) is 0 Å². The Hall–Kier alpha value is -1.37. The Kier molecular flexibility index (Phi) is 3.84. The highest BCUT2D eigenvalue weighted by Crippen LogP contribution is 2.33. The first-order chi connectivity index (χ1) is 7.10. The van der Waals surface area contributed by atoms with Crippen LogP contribution in [0.25, 0.3) is 0 Å². The summed E-state index contributed by atoms with van der Waals surface area (Å²) in [6, 6.07) is 0. The van der Waals surface area contributed by atoms with Crippen LogP contribution in [-0.2, 0) is 4.79 Å². The summed E-state index contributed by atoms with van der Waals surface area (Å²) >= 11 is 0. The Balaban J connectivity index is 3.27. The second kappa shape index (κ2) is 4.92. The summed E-state index contributed by atoms with van der Waals surface area (Å²) in [5.74, 6) is 0.528. The van der Waals surface area contributed by atoms with Crippen LogP contribution in [0.15, 0.2) is 47.1 Å². The fraction of sp³-hybridized carbons (Fsp3) is 0.357. The van der Waals surface area contributed by atoms with Crippen LogP contribution >= 0.6 is 0 Å². The van der Waals surface area contributed by atoms with E-state index in [1.165, 1.54) is 5.57 Å². The molecule has 0 heterocycles. The van der Waals surface area contributed by atoms with E-state index in [9.17, 15) is 4.79 Å². The predicted octanol–water partition coefficient (Wildman–Crippen LogP) is 3.60. The topological polar surface area (TPSA) is 17.1 Å². The van der Waals surface area contributed by atoms with Crippen LogP contribution in [0.5, 0.6) is 0 Å². The van der Waals surface area contributed by atoms with Crippen molar-refractivity contribution >= 4 is 6.29 Å². The highest BCUT2D eigenvalue weighted by atomic mass is 16.1. The van der Waals surface area contributed by atoms with Gasteiger partial charge in [0.2, 0.25) is 0 Å². The molecule has 1 heteroatoms. The van der Waals surface area contributed by atoms with Crippen molar-refractivity contribution in [2.45, 2.75) is 27.2 Å². The molecule has 0 fully saturated rings. The minimum atomic E-state index is 0.528. The number of hydrogen-bond donors (Lipinski definition) is 0. The van der Waals surface area contributed by atoms with Crippen LogP contribution in [0.1, 0.15) is 27.2 Å². The summed E-state index contributed by atoms with van der Waals surface area (Å²) in [6.07, 6.45) is 7.79.